The molecule has 6 heteroatoms. The minimum Gasteiger partial charge on any atom is -0.497 e. The van der Waals surface area contributed by atoms with Crippen LogP contribution in [0.3, 0.4) is 0 Å². The molecule has 1 N–H and O–H groups in total. The van der Waals surface area contributed by atoms with Crippen molar-refractivity contribution in [3.8, 4) is 5.75 Å². The summed E-state index contributed by atoms with van der Waals surface area (Å²) in [5.74, 6) is 2.45. The van der Waals surface area contributed by atoms with Crippen LogP contribution in [-0.2, 0) is 0 Å². The summed E-state index contributed by atoms with van der Waals surface area (Å²) in [7, 11) is 3.82. The van der Waals surface area contributed by atoms with Gasteiger partial charge in [0.2, 0.25) is 5.95 Å². The Hall–Kier alpha value is -2.86. The van der Waals surface area contributed by atoms with Crippen molar-refractivity contribution < 1.29 is 4.74 Å². The van der Waals surface area contributed by atoms with Crippen molar-refractivity contribution in [1.82, 2.24) is 14.9 Å². The molecule has 0 unspecified atom stereocenters. The van der Waals surface area contributed by atoms with Gasteiger partial charge in [0.15, 0.2) is 0 Å². The van der Waals surface area contributed by atoms with Gasteiger partial charge in [-0.15, -0.1) is 0 Å². The SMILES string of the molecule is COc1ccc(Nc2nc(N3CCN(C)CC3)nc3ccccc23)cc1. The van der Waals surface area contributed by atoms with Crippen LogP contribution in [0.25, 0.3) is 10.9 Å². The molecular weight excluding hydrogens is 326 g/mol. The van der Waals surface area contributed by atoms with Gasteiger partial charge in [0.25, 0.3) is 0 Å². The Balaban J connectivity index is 1.69. The zero-order valence-corrected chi connectivity index (χ0v) is 15.1. The van der Waals surface area contributed by atoms with Crippen LogP contribution in [0, 0.1) is 0 Å². The standard InChI is InChI=1S/C20H23N5O/c1-24-11-13-25(14-12-24)20-22-18-6-4-3-5-17(18)19(23-20)21-15-7-9-16(26-2)10-8-15/h3-10H,11-14H2,1-2H3,(H,21,22,23). The number of aromatic nitrogens is 2. The number of anilines is 3. The second-order valence-electron chi connectivity index (χ2n) is 6.53. The Bertz CT molecular complexity index is 888. The van der Waals surface area contributed by atoms with Gasteiger partial charge in [-0.05, 0) is 43.4 Å². The van der Waals surface area contributed by atoms with E-state index in [2.05, 4.69) is 28.2 Å². The van der Waals surface area contributed by atoms with E-state index in [1.807, 2.05) is 42.5 Å². The van der Waals surface area contributed by atoms with Crippen molar-refractivity contribution in [2.24, 2.45) is 0 Å². The van der Waals surface area contributed by atoms with Crippen molar-refractivity contribution in [3.63, 3.8) is 0 Å². The number of rotatable bonds is 4. The number of fused-ring (bicyclic) bond motifs is 1. The molecule has 0 atom stereocenters. The minimum absolute atomic E-state index is 0.785. The first-order valence-corrected chi connectivity index (χ1v) is 8.84. The lowest BCUT2D eigenvalue weighted by atomic mass is 10.2. The molecule has 0 aliphatic carbocycles. The highest BCUT2D eigenvalue weighted by Crippen LogP contribution is 2.27. The molecule has 1 fully saturated rings. The van der Waals surface area contributed by atoms with Crippen LogP contribution >= 0.6 is 0 Å². The predicted octanol–water partition coefficient (Wildman–Crippen LogP) is 3.13. The van der Waals surface area contributed by atoms with Gasteiger partial charge in [0, 0.05) is 37.3 Å². The summed E-state index contributed by atoms with van der Waals surface area (Å²) >= 11 is 0. The maximum Gasteiger partial charge on any atom is 0.227 e. The molecule has 0 radical (unpaired) electrons. The Morgan fingerprint density at radius 1 is 0.923 bits per heavy atom. The van der Waals surface area contributed by atoms with Gasteiger partial charge in [-0.1, -0.05) is 12.1 Å². The first-order valence-electron chi connectivity index (χ1n) is 8.84. The fourth-order valence-electron chi connectivity index (χ4n) is 3.12. The summed E-state index contributed by atoms with van der Waals surface area (Å²) < 4.78 is 5.23. The van der Waals surface area contributed by atoms with E-state index in [0.717, 1.165) is 60.3 Å². The lowest BCUT2D eigenvalue weighted by Gasteiger charge is -2.32. The number of methoxy groups -OCH3 is 1. The Morgan fingerprint density at radius 3 is 2.38 bits per heavy atom. The molecule has 0 saturated carbocycles. The molecule has 0 amide bonds. The van der Waals surface area contributed by atoms with Crippen LogP contribution in [-0.4, -0.2) is 55.2 Å². The van der Waals surface area contributed by atoms with Crippen LogP contribution in [0.15, 0.2) is 48.5 Å². The molecule has 1 saturated heterocycles. The van der Waals surface area contributed by atoms with Crippen LogP contribution in [0.5, 0.6) is 5.75 Å². The van der Waals surface area contributed by atoms with Crippen molar-refractivity contribution in [2.45, 2.75) is 0 Å². The molecule has 1 aliphatic heterocycles. The topological polar surface area (TPSA) is 53.5 Å². The Labute approximate surface area is 153 Å². The van der Waals surface area contributed by atoms with E-state index >= 15 is 0 Å². The van der Waals surface area contributed by atoms with Crippen molar-refractivity contribution in [3.05, 3.63) is 48.5 Å². The highest BCUT2D eigenvalue weighted by atomic mass is 16.5. The molecule has 0 bridgehead atoms. The average molecular weight is 349 g/mol. The largest absolute Gasteiger partial charge is 0.497 e. The van der Waals surface area contributed by atoms with E-state index in [0.29, 0.717) is 0 Å². The quantitative estimate of drug-likeness (QED) is 0.781. The molecule has 2 heterocycles. The molecule has 1 aliphatic rings. The van der Waals surface area contributed by atoms with Crippen molar-refractivity contribution >= 4 is 28.4 Å². The van der Waals surface area contributed by atoms with Gasteiger partial charge in [-0.3, -0.25) is 0 Å². The maximum atomic E-state index is 5.23. The summed E-state index contributed by atoms with van der Waals surface area (Å²) in [4.78, 5) is 14.2. The summed E-state index contributed by atoms with van der Waals surface area (Å²) in [6.45, 7) is 3.93. The zero-order chi connectivity index (χ0) is 17.9. The molecule has 4 rings (SSSR count). The number of hydrogen-bond donors (Lipinski definition) is 1. The van der Waals surface area contributed by atoms with E-state index in [4.69, 9.17) is 14.7 Å². The third-order valence-electron chi connectivity index (χ3n) is 4.73. The van der Waals surface area contributed by atoms with E-state index < -0.39 is 0 Å². The lowest BCUT2D eigenvalue weighted by molar-refractivity contribution is 0.311. The molecule has 26 heavy (non-hydrogen) atoms. The normalized spacial score (nSPS) is 15.2. The first kappa shape index (κ1) is 16.6. The third-order valence-corrected chi connectivity index (χ3v) is 4.73. The number of likely N-dealkylation sites (N-methyl/N-ethyl adjacent to an activating group) is 1. The zero-order valence-electron chi connectivity index (χ0n) is 15.1. The summed E-state index contributed by atoms with van der Waals surface area (Å²) in [5, 5.41) is 4.46. The summed E-state index contributed by atoms with van der Waals surface area (Å²) in [5.41, 5.74) is 1.92. The Kier molecular flexibility index (Phi) is 4.58. The molecule has 6 nitrogen and oxygen atoms in total. The Morgan fingerprint density at radius 2 is 1.65 bits per heavy atom. The smallest absolute Gasteiger partial charge is 0.227 e. The fourth-order valence-corrected chi connectivity index (χ4v) is 3.12. The second kappa shape index (κ2) is 7.17. The van der Waals surface area contributed by atoms with Crippen LogP contribution < -0.4 is 15.0 Å². The molecule has 134 valence electrons. The van der Waals surface area contributed by atoms with E-state index in [1.54, 1.807) is 7.11 Å². The van der Waals surface area contributed by atoms with Gasteiger partial charge in [-0.2, -0.15) is 4.98 Å². The second-order valence-corrected chi connectivity index (χ2v) is 6.53. The number of piperazine rings is 1. The highest BCUT2D eigenvalue weighted by molar-refractivity contribution is 5.91. The number of para-hydroxylation sites is 1. The van der Waals surface area contributed by atoms with Crippen molar-refractivity contribution in [2.75, 3.05) is 50.6 Å². The minimum atomic E-state index is 0.785. The number of ether oxygens (including phenoxy) is 1. The highest BCUT2D eigenvalue weighted by Gasteiger charge is 2.18. The molecule has 0 spiro atoms. The fraction of sp³-hybridized carbons (Fsp3) is 0.300. The molecule has 2 aromatic carbocycles. The van der Waals surface area contributed by atoms with Crippen LogP contribution in [0.4, 0.5) is 17.5 Å². The summed E-state index contributed by atoms with van der Waals surface area (Å²) in [6.07, 6.45) is 0. The molecule has 1 aromatic heterocycles. The first-order chi connectivity index (χ1) is 12.7. The molecular formula is C20H23N5O. The van der Waals surface area contributed by atoms with E-state index in [-0.39, 0.29) is 0 Å². The lowest BCUT2D eigenvalue weighted by Crippen LogP contribution is -2.45. The van der Waals surface area contributed by atoms with E-state index in [9.17, 15) is 0 Å². The maximum absolute atomic E-state index is 5.23. The number of benzene rings is 2. The van der Waals surface area contributed by atoms with Gasteiger partial charge in [0.05, 0.1) is 12.6 Å². The van der Waals surface area contributed by atoms with Crippen LogP contribution in [0.1, 0.15) is 0 Å². The van der Waals surface area contributed by atoms with Gasteiger partial charge >= 0.3 is 0 Å². The number of nitrogens with zero attached hydrogens (tertiary/aromatic N) is 4. The number of hydrogen-bond acceptors (Lipinski definition) is 6. The molecule has 3 aromatic rings. The monoisotopic (exact) mass is 349 g/mol. The van der Waals surface area contributed by atoms with Crippen LogP contribution in [0.2, 0.25) is 0 Å². The van der Waals surface area contributed by atoms with Gasteiger partial charge < -0.3 is 19.9 Å². The third kappa shape index (κ3) is 3.41. The predicted molar refractivity (Wildman–Crippen MR) is 106 cm³/mol. The summed E-state index contributed by atoms with van der Waals surface area (Å²) in [6, 6.07) is 16.0. The van der Waals surface area contributed by atoms with Crippen molar-refractivity contribution in [1.29, 1.82) is 0 Å². The average Bonchev–Trinajstić information content (AvgIpc) is 2.69. The van der Waals surface area contributed by atoms with Gasteiger partial charge in [-0.25, -0.2) is 4.98 Å². The van der Waals surface area contributed by atoms with Gasteiger partial charge in [0.1, 0.15) is 11.6 Å². The van der Waals surface area contributed by atoms with E-state index in [1.165, 1.54) is 0 Å². The number of nitrogens with one attached hydrogen (secondary N) is 1.